The van der Waals surface area contributed by atoms with Crippen LogP contribution in [0, 0.1) is 0 Å². The summed E-state index contributed by atoms with van der Waals surface area (Å²) in [6, 6.07) is 18.6. The van der Waals surface area contributed by atoms with Crippen LogP contribution in [0.2, 0.25) is 0 Å². The summed E-state index contributed by atoms with van der Waals surface area (Å²) < 4.78 is 0. The molecule has 0 atom stereocenters. The lowest BCUT2D eigenvalue weighted by atomic mass is 10.1. The van der Waals surface area contributed by atoms with E-state index < -0.39 is 11.8 Å². The van der Waals surface area contributed by atoms with Crippen LogP contribution >= 0.6 is 0 Å². The zero-order valence-corrected chi connectivity index (χ0v) is 13.1. The molecular formula is C19H14N4O2. The molecule has 0 saturated heterocycles. The van der Waals surface area contributed by atoms with E-state index >= 15 is 0 Å². The highest BCUT2D eigenvalue weighted by Crippen LogP contribution is 2.19. The third kappa shape index (κ3) is 3.05. The quantitative estimate of drug-likeness (QED) is 0.493. The van der Waals surface area contributed by atoms with Crippen molar-refractivity contribution in [1.29, 1.82) is 0 Å². The molecule has 0 aliphatic heterocycles. The van der Waals surface area contributed by atoms with E-state index in [4.69, 9.17) is 0 Å². The highest BCUT2D eigenvalue weighted by molar-refractivity contribution is 6.43. The number of hydrogen-bond donors (Lipinski definition) is 3. The number of hydrogen-bond acceptors (Lipinski definition) is 3. The number of amides is 2. The summed E-state index contributed by atoms with van der Waals surface area (Å²) in [6.45, 7) is 0. The Morgan fingerprint density at radius 2 is 1.40 bits per heavy atom. The topological polar surface area (TPSA) is 86.9 Å². The minimum Gasteiger partial charge on any atom is -0.318 e. The maximum atomic E-state index is 12.1. The molecule has 1 aromatic heterocycles. The summed E-state index contributed by atoms with van der Waals surface area (Å²) in [6.07, 6.45) is 1.69. The largest absolute Gasteiger partial charge is 0.318 e. The third-order valence-corrected chi connectivity index (χ3v) is 3.91. The Balaban J connectivity index is 1.48. The van der Waals surface area contributed by atoms with Crippen molar-refractivity contribution >= 4 is 44.9 Å². The number of fused-ring (bicyclic) bond motifs is 2. The Morgan fingerprint density at radius 3 is 2.16 bits per heavy atom. The van der Waals surface area contributed by atoms with Gasteiger partial charge in [-0.1, -0.05) is 30.3 Å². The van der Waals surface area contributed by atoms with Crippen molar-refractivity contribution in [3.63, 3.8) is 0 Å². The molecule has 0 unspecified atom stereocenters. The summed E-state index contributed by atoms with van der Waals surface area (Å²) in [5.41, 5.74) is 1.88. The maximum Gasteiger partial charge on any atom is 0.314 e. The van der Waals surface area contributed by atoms with Crippen LogP contribution < -0.4 is 10.6 Å². The van der Waals surface area contributed by atoms with Crippen molar-refractivity contribution in [2.45, 2.75) is 0 Å². The number of nitrogens with zero attached hydrogens (tertiary/aromatic N) is 1. The summed E-state index contributed by atoms with van der Waals surface area (Å²) in [5, 5.41) is 14.9. The molecule has 3 N–H and O–H groups in total. The Morgan fingerprint density at radius 1 is 0.760 bits per heavy atom. The number of benzene rings is 3. The van der Waals surface area contributed by atoms with Gasteiger partial charge in [-0.05, 0) is 41.1 Å². The molecule has 122 valence electrons. The number of aromatic nitrogens is 2. The van der Waals surface area contributed by atoms with Gasteiger partial charge in [-0.15, -0.1) is 0 Å². The van der Waals surface area contributed by atoms with Crippen LogP contribution in [0.4, 0.5) is 11.4 Å². The van der Waals surface area contributed by atoms with Gasteiger partial charge in [-0.2, -0.15) is 5.10 Å². The molecule has 2 amide bonds. The van der Waals surface area contributed by atoms with Gasteiger partial charge in [0.25, 0.3) is 0 Å². The molecule has 0 radical (unpaired) electrons. The molecule has 6 heteroatoms. The molecule has 0 saturated carbocycles. The second-order valence-electron chi connectivity index (χ2n) is 5.64. The molecule has 0 bridgehead atoms. The fraction of sp³-hybridized carbons (Fsp3) is 0. The van der Waals surface area contributed by atoms with Crippen LogP contribution in [0.15, 0.2) is 66.9 Å². The molecule has 4 rings (SSSR count). The second-order valence-corrected chi connectivity index (χ2v) is 5.64. The van der Waals surface area contributed by atoms with E-state index in [1.165, 1.54) is 0 Å². The van der Waals surface area contributed by atoms with Crippen molar-refractivity contribution in [3.8, 4) is 0 Å². The van der Waals surface area contributed by atoms with Gasteiger partial charge in [-0.3, -0.25) is 14.7 Å². The van der Waals surface area contributed by atoms with E-state index in [1.54, 1.807) is 24.4 Å². The fourth-order valence-electron chi connectivity index (χ4n) is 2.66. The number of rotatable bonds is 2. The van der Waals surface area contributed by atoms with Crippen molar-refractivity contribution in [1.82, 2.24) is 10.2 Å². The zero-order valence-electron chi connectivity index (χ0n) is 13.1. The van der Waals surface area contributed by atoms with Gasteiger partial charge >= 0.3 is 11.8 Å². The molecule has 0 fully saturated rings. The summed E-state index contributed by atoms with van der Waals surface area (Å²) in [7, 11) is 0. The first-order valence-electron chi connectivity index (χ1n) is 7.73. The normalized spacial score (nSPS) is 10.7. The lowest BCUT2D eigenvalue weighted by Gasteiger charge is -2.07. The zero-order chi connectivity index (χ0) is 17.2. The maximum absolute atomic E-state index is 12.1. The predicted octanol–water partition coefficient (Wildman–Crippen LogP) is 3.29. The van der Waals surface area contributed by atoms with Gasteiger partial charge < -0.3 is 10.6 Å². The van der Waals surface area contributed by atoms with Gasteiger partial charge in [0.05, 0.1) is 11.7 Å². The Kier molecular flexibility index (Phi) is 3.63. The van der Waals surface area contributed by atoms with E-state index in [9.17, 15) is 9.59 Å². The molecule has 3 aromatic carbocycles. The van der Waals surface area contributed by atoms with Crippen LogP contribution in [0.3, 0.4) is 0 Å². The minimum absolute atomic E-state index is 0.524. The van der Waals surface area contributed by atoms with Crippen LogP contribution in [-0.2, 0) is 9.59 Å². The number of carbonyl (C=O) groups excluding carboxylic acids is 2. The van der Waals surface area contributed by atoms with E-state index in [0.29, 0.717) is 11.4 Å². The first kappa shape index (κ1) is 14.9. The van der Waals surface area contributed by atoms with Gasteiger partial charge in [0.2, 0.25) is 0 Å². The predicted molar refractivity (Wildman–Crippen MR) is 97.3 cm³/mol. The molecule has 6 nitrogen and oxygen atoms in total. The summed E-state index contributed by atoms with van der Waals surface area (Å²) >= 11 is 0. The Hall–Kier alpha value is -3.67. The monoisotopic (exact) mass is 330 g/mol. The van der Waals surface area contributed by atoms with Gasteiger partial charge in [0.15, 0.2) is 0 Å². The van der Waals surface area contributed by atoms with E-state index in [1.807, 2.05) is 42.5 Å². The highest BCUT2D eigenvalue weighted by atomic mass is 16.2. The molecule has 0 aliphatic carbocycles. The molecule has 0 spiro atoms. The fourth-order valence-corrected chi connectivity index (χ4v) is 2.66. The highest BCUT2D eigenvalue weighted by Gasteiger charge is 2.14. The van der Waals surface area contributed by atoms with E-state index in [-0.39, 0.29) is 0 Å². The first-order valence-corrected chi connectivity index (χ1v) is 7.73. The number of nitrogens with one attached hydrogen (secondary N) is 3. The average Bonchev–Trinajstić information content (AvgIpc) is 3.09. The summed E-state index contributed by atoms with van der Waals surface area (Å²) in [5.74, 6) is -1.45. The van der Waals surface area contributed by atoms with Crippen molar-refractivity contribution < 1.29 is 9.59 Å². The molecule has 4 aromatic rings. The SMILES string of the molecule is O=C(Nc1ccc2ccccc2c1)C(=O)Nc1ccc2cn[nH]c2c1. The van der Waals surface area contributed by atoms with Crippen molar-refractivity contribution in [2.75, 3.05) is 10.6 Å². The average molecular weight is 330 g/mol. The second kappa shape index (κ2) is 6.09. The van der Waals surface area contributed by atoms with Crippen LogP contribution in [-0.4, -0.2) is 22.0 Å². The molecule has 0 aliphatic rings. The molecule has 1 heterocycles. The number of aromatic amines is 1. The Labute approximate surface area is 142 Å². The summed E-state index contributed by atoms with van der Waals surface area (Å²) in [4.78, 5) is 24.2. The van der Waals surface area contributed by atoms with Gasteiger partial charge in [-0.25, -0.2) is 0 Å². The minimum atomic E-state index is -0.730. The van der Waals surface area contributed by atoms with Crippen molar-refractivity contribution in [3.05, 3.63) is 66.9 Å². The lowest BCUT2D eigenvalue weighted by Crippen LogP contribution is -2.29. The third-order valence-electron chi connectivity index (χ3n) is 3.91. The smallest absolute Gasteiger partial charge is 0.314 e. The number of H-pyrrole nitrogens is 1. The Bertz CT molecular complexity index is 1100. The molecule has 25 heavy (non-hydrogen) atoms. The molecular weight excluding hydrogens is 316 g/mol. The van der Waals surface area contributed by atoms with Crippen molar-refractivity contribution in [2.24, 2.45) is 0 Å². The van der Waals surface area contributed by atoms with Crippen LogP contribution in [0.1, 0.15) is 0 Å². The van der Waals surface area contributed by atoms with E-state index in [2.05, 4.69) is 20.8 Å². The lowest BCUT2D eigenvalue weighted by molar-refractivity contribution is -0.132. The number of carbonyl (C=O) groups is 2. The van der Waals surface area contributed by atoms with Crippen LogP contribution in [0.25, 0.3) is 21.7 Å². The van der Waals surface area contributed by atoms with Gasteiger partial charge in [0.1, 0.15) is 0 Å². The standard InChI is InChI=1S/C19H14N4O2/c24-18(21-15-7-5-12-3-1-2-4-13(12)9-15)19(25)22-16-8-6-14-11-20-23-17(14)10-16/h1-11H,(H,20,23)(H,21,24)(H,22,25). The van der Waals surface area contributed by atoms with Gasteiger partial charge in [0, 0.05) is 16.8 Å². The first-order chi connectivity index (χ1) is 12.2. The van der Waals surface area contributed by atoms with Crippen LogP contribution in [0.5, 0.6) is 0 Å². The number of anilines is 2. The van der Waals surface area contributed by atoms with E-state index in [0.717, 1.165) is 21.7 Å².